The lowest BCUT2D eigenvalue weighted by Crippen LogP contribution is -2.18. The first-order valence-corrected chi connectivity index (χ1v) is 9.25. The summed E-state index contributed by atoms with van der Waals surface area (Å²) in [6.07, 6.45) is 0. The molecule has 8 heteroatoms. The zero-order valence-corrected chi connectivity index (χ0v) is 16.3. The number of ether oxygens (including phenoxy) is 4. The molecule has 146 valence electrons. The van der Waals surface area contributed by atoms with Gasteiger partial charge in [0.2, 0.25) is 0 Å². The van der Waals surface area contributed by atoms with Gasteiger partial charge in [-0.25, -0.2) is 9.78 Å². The highest BCUT2D eigenvalue weighted by Gasteiger charge is 2.13. The highest BCUT2D eigenvalue weighted by molar-refractivity contribution is 7.18. The number of thiazole rings is 1. The number of esters is 1. The van der Waals surface area contributed by atoms with Crippen molar-refractivity contribution in [2.75, 3.05) is 27.4 Å². The fraction of sp³-hybridized carbons (Fsp3) is 0.250. The summed E-state index contributed by atoms with van der Waals surface area (Å²) in [5.41, 5.74) is 1.26. The molecule has 7 nitrogen and oxygen atoms in total. The maximum Gasteiger partial charge on any atom is 0.332 e. The number of carbonyl (C=O) groups excluding carboxylic acids is 2. The van der Waals surface area contributed by atoms with E-state index in [0.29, 0.717) is 17.1 Å². The Balaban J connectivity index is 1.45. The second kappa shape index (κ2) is 9.29. The van der Waals surface area contributed by atoms with E-state index in [1.54, 1.807) is 18.2 Å². The summed E-state index contributed by atoms with van der Waals surface area (Å²) in [5.74, 6) is -0.0199. The molecule has 0 radical (unpaired) electrons. The lowest BCUT2D eigenvalue weighted by atomic mass is 10.1. The number of rotatable bonds is 9. The third-order valence-electron chi connectivity index (χ3n) is 3.85. The van der Waals surface area contributed by atoms with Gasteiger partial charge in [-0.3, -0.25) is 4.79 Å². The van der Waals surface area contributed by atoms with Gasteiger partial charge in [0.05, 0.1) is 31.0 Å². The maximum atomic E-state index is 12.2. The number of methoxy groups -OCH3 is 2. The lowest BCUT2D eigenvalue weighted by molar-refractivity contribution is -0.148. The van der Waals surface area contributed by atoms with Crippen molar-refractivity contribution in [1.82, 2.24) is 4.98 Å². The van der Waals surface area contributed by atoms with Crippen LogP contribution in [0.4, 0.5) is 0 Å². The molecule has 0 spiro atoms. The molecule has 0 aliphatic heterocycles. The average Bonchev–Trinajstić information content (AvgIpc) is 3.14. The van der Waals surface area contributed by atoms with Gasteiger partial charge in [-0.1, -0.05) is 12.1 Å². The zero-order chi connectivity index (χ0) is 19.9. The van der Waals surface area contributed by atoms with Gasteiger partial charge in [-0.05, 0) is 30.3 Å². The molecule has 0 N–H and O–H groups in total. The summed E-state index contributed by atoms with van der Waals surface area (Å²) < 4.78 is 21.7. The molecule has 3 aromatic rings. The Morgan fingerprint density at radius 3 is 2.54 bits per heavy atom. The first-order valence-electron chi connectivity index (χ1n) is 8.43. The Morgan fingerprint density at radius 1 is 1.00 bits per heavy atom. The van der Waals surface area contributed by atoms with Crippen LogP contribution in [0, 0.1) is 0 Å². The number of aromatic nitrogens is 1. The molecule has 2 aromatic carbocycles. The van der Waals surface area contributed by atoms with Crippen molar-refractivity contribution in [3.8, 4) is 11.5 Å². The monoisotopic (exact) mass is 401 g/mol. The van der Waals surface area contributed by atoms with Crippen molar-refractivity contribution in [2.45, 2.75) is 6.61 Å². The summed E-state index contributed by atoms with van der Waals surface area (Å²) in [6.45, 7) is -0.425. The molecule has 0 atom stereocenters. The SMILES string of the molecule is COc1ccc(C(=O)COC(=O)COCc2nc3ccccc3s2)cc1OC. The summed E-state index contributed by atoms with van der Waals surface area (Å²) in [5, 5.41) is 0.774. The molecule has 3 rings (SSSR count). The first-order chi connectivity index (χ1) is 13.6. The van der Waals surface area contributed by atoms with Crippen LogP contribution in [0.25, 0.3) is 10.2 Å². The largest absolute Gasteiger partial charge is 0.493 e. The third-order valence-corrected chi connectivity index (χ3v) is 4.86. The summed E-state index contributed by atoms with van der Waals surface area (Å²) in [6, 6.07) is 12.5. The Bertz CT molecular complexity index is 951. The van der Waals surface area contributed by atoms with Gasteiger partial charge >= 0.3 is 5.97 Å². The zero-order valence-electron chi connectivity index (χ0n) is 15.5. The minimum absolute atomic E-state index is 0.206. The summed E-state index contributed by atoms with van der Waals surface area (Å²) in [7, 11) is 2.99. The number of benzene rings is 2. The number of nitrogens with zero attached hydrogens (tertiary/aromatic N) is 1. The van der Waals surface area contributed by atoms with Crippen LogP contribution in [0.2, 0.25) is 0 Å². The normalized spacial score (nSPS) is 10.6. The van der Waals surface area contributed by atoms with E-state index in [-0.39, 0.29) is 25.6 Å². The third kappa shape index (κ3) is 4.85. The Morgan fingerprint density at radius 2 is 1.79 bits per heavy atom. The Hall–Kier alpha value is -2.97. The molecule has 0 saturated carbocycles. The van der Waals surface area contributed by atoms with E-state index >= 15 is 0 Å². The topological polar surface area (TPSA) is 84.0 Å². The molecule has 0 amide bonds. The van der Waals surface area contributed by atoms with Crippen LogP contribution < -0.4 is 9.47 Å². The number of carbonyl (C=O) groups is 2. The summed E-state index contributed by atoms with van der Waals surface area (Å²) in [4.78, 5) is 28.4. The van der Waals surface area contributed by atoms with E-state index in [0.717, 1.165) is 15.2 Å². The number of hydrogen-bond donors (Lipinski definition) is 0. The maximum absolute atomic E-state index is 12.2. The molecule has 0 aliphatic carbocycles. The van der Waals surface area contributed by atoms with E-state index in [2.05, 4.69) is 4.98 Å². The molecule has 0 unspecified atom stereocenters. The van der Waals surface area contributed by atoms with Crippen LogP contribution >= 0.6 is 11.3 Å². The van der Waals surface area contributed by atoms with Crippen LogP contribution in [0.3, 0.4) is 0 Å². The van der Waals surface area contributed by atoms with Crippen molar-refractivity contribution in [1.29, 1.82) is 0 Å². The molecule has 1 aromatic heterocycles. The molecular weight excluding hydrogens is 382 g/mol. The smallest absolute Gasteiger partial charge is 0.332 e. The van der Waals surface area contributed by atoms with Crippen LogP contribution in [-0.2, 0) is 20.9 Å². The number of fused-ring (bicyclic) bond motifs is 1. The Labute approximate surface area is 165 Å². The van der Waals surface area contributed by atoms with Crippen LogP contribution in [0.1, 0.15) is 15.4 Å². The molecule has 0 saturated heterocycles. The molecular formula is C20H19NO6S. The molecule has 0 aliphatic rings. The first kappa shape index (κ1) is 19.8. The fourth-order valence-corrected chi connectivity index (χ4v) is 3.39. The van der Waals surface area contributed by atoms with Crippen molar-refractivity contribution in [2.24, 2.45) is 0 Å². The van der Waals surface area contributed by atoms with E-state index < -0.39 is 5.97 Å². The van der Waals surface area contributed by atoms with Crippen molar-refractivity contribution >= 4 is 33.3 Å². The molecule has 0 fully saturated rings. The lowest BCUT2D eigenvalue weighted by Gasteiger charge is -2.09. The molecule has 28 heavy (non-hydrogen) atoms. The van der Waals surface area contributed by atoms with Gasteiger partial charge in [-0.15, -0.1) is 11.3 Å². The predicted molar refractivity (Wildman–Crippen MR) is 104 cm³/mol. The van der Waals surface area contributed by atoms with E-state index in [1.807, 2.05) is 24.3 Å². The van der Waals surface area contributed by atoms with Crippen molar-refractivity contribution < 1.29 is 28.5 Å². The Kier molecular flexibility index (Phi) is 6.57. The second-order valence-electron chi connectivity index (χ2n) is 5.72. The number of hydrogen-bond acceptors (Lipinski definition) is 8. The van der Waals surface area contributed by atoms with Crippen molar-refractivity contribution in [3.05, 3.63) is 53.0 Å². The van der Waals surface area contributed by atoms with Gasteiger partial charge in [0, 0.05) is 5.56 Å². The highest BCUT2D eigenvalue weighted by Crippen LogP contribution is 2.27. The van der Waals surface area contributed by atoms with Gasteiger partial charge < -0.3 is 18.9 Å². The highest BCUT2D eigenvalue weighted by atomic mass is 32.1. The summed E-state index contributed by atoms with van der Waals surface area (Å²) >= 11 is 1.51. The minimum Gasteiger partial charge on any atom is -0.493 e. The van der Waals surface area contributed by atoms with Gasteiger partial charge in [0.25, 0.3) is 0 Å². The quantitative estimate of drug-likeness (QED) is 0.402. The molecule has 0 bridgehead atoms. The fourth-order valence-electron chi connectivity index (χ4n) is 2.48. The number of Topliss-reactive ketones (excluding diaryl/α,β-unsaturated/α-hetero) is 1. The minimum atomic E-state index is -0.616. The number of para-hydroxylation sites is 1. The average molecular weight is 401 g/mol. The van der Waals surface area contributed by atoms with Crippen LogP contribution in [0.5, 0.6) is 11.5 Å². The van der Waals surface area contributed by atoms with E-state index in [9.17, 15) is 9.59 Å². The number of ketones is 1. The second-order valence-corrected chi connectivity index (χ2v) is 6.84. The molecule has 1 heterocycles. The van der Waals surface area contributed by atoms with Gasteiger partial charge in [0.15, 0.2) is 23.9 Å². The van der Waals surface area contributed by atoms with Gasteiger partial charge in [-0.2, -0.15) is 0 Å². The standard InChI is InChI=1S/C20H19NO6S/c1-24-16-8-7-13(9-17(16)25-2)15(22)10-27-20(23)12-26-11-19-21-14-5-3-4-6-18(14)28-19/h3-9H,10-12H2,1-2H3. The predicted octanol–water partition coefficient (Wildman–Crippen LogP) is 3.26. The van der Waals surface area contributed by atoms with Gasteiger partial charge in [0.1, 0.15) is 11.6 Å². The van der Waals surface area contributed by atoms with E-state index in [1.165, 1.54) is 25.6 Å². The van der Waals surface area contributed by atoms with E-state index in [4.69, 9.17) is 18.9 Å². The van der Waals surface area contributed by atoms with Crippen LogP contribution in [0.15, 0.2) is 42.5 Å². The van der Waals surface area contributed by atoms with Crippen molar-refractivity contribution in [3.63, 3.8) is 0 Å². The van der Waals surface area contributed by atoms with Crippen LogP contribution in [-0.4, -0.2) is 44.2 Å².